The second-order valence-corrected chi connectivity index (χ2v) is 6.03. The molecule has 0 N–H and O–H groups in total. The van der Waals surface area contributed by atoms with Gasteiger partial charge in [-0.1, -0.05) is 55.5 Å². The largest absolute Gasteiger partial charge is 0.385 e. The van der Waals surface area contributed by atoms with E-state index in [1.807, 2.05) is 67.8 Å². The van der Waals surface area contributed by atoms with Gasteiger partial charge in [0.05, 0.1) is 10.2 Å². The van der Waals surface area contributed by atoms with Crippen LogP contribution in [-0.4, -0.2) is 34.6 Å². The van der Waals surface area contributed by atoms with E-state index in [9.17, 15) is 4.79 Å². The third-order valence-electron chi connectivity index (χ3n) is 3.45. The molecule has 26 heavy (non-hydrogen) atoms. The number of carbonyl (C=O) groups excluding carboxylic acids is 1. The Bertz CT molecular complexity index is 959. The topological polar surface area (TPSA) is 56.5 Å². The molecule has 0 aliphatic rings. The summed E-state index contributed by atoms with van der Waals surface area (Å²) >= 11 is 1.54. The smallest absolute Gasteiger partial charge is 0.213 e. The van der Waals surface area contributed by atoms with Crippen molar-refractivity contribution >= 4 is 32.8 Å². The van der Waals surface area contributed by atoms with Crippen molar-refractivity contribution in [3.8, 4) is 11.4 Å². The fourth-order valence-electron chi connectivity index (χ4n) is 2.19. The van der Waals surface area contributed by atoms with Gasteiger partial charge in [0.2, 0.25) is 4.96 Å². The Balaban J connectivity index is 0.000000361. The summed E-state index contributed by atoms with van der Waals surface area (Å²) in [5.74, 6) is 0.721. The number of benzene rings is 2. The van der Waals surface area contributed by atoms with E-state index in [4.69, 9.17) is 0 Å². The predicted octanol–water partition coefficient (Wildman–Crippen LogP) is 5.10. The number of methoxy groups -OCH3 is 1. The van der Waals surface area contributed by atoms with Crippen LogP contribution in [0.3, 0.4) is 0 Å². The molecule has 0 saturated carbocycles. The lowest BCUT2D eigenvalue weighted by atomic mass is 10.2. The summed E-state index contributed by atoms with van der Waals surface area (Å²) < 4.78 is 7.39. The number of thiazole rings is 1. The monoisotopic (exact) mass is 369 g/mol. The quantitative estimate of drug-likeness (QED) is 0.471. The molecule has 0 radical (unpaired) electrons. The molecule has 5 nitrogen and oxygen atoms in total. The molecule has 0 unspecified atom stereocenters. The summed E-state index contributed by atoms with van der Waals surface area (Å²) in [6.07, 6.45) is 0.852. The number of rotatable bonds is 3. The minimum absolute atomic E-state index is 0.672. The van der Waals surface area contributed by atoms with Gasteiger partial charge in [0.15, 0.2) is 5.82 Å². The van der Waals surface area contributed by atoms with Crippen LogP contribution in [0.4, 0.5) is 0 Å². The maximum absolute atomic E-state index is 10.8. The molecule has 4 rings (SSSR count). The second kappa shape index (κ2) is 9.79. The van der Waals surface area contributed by atoms with Gasteiger partial charge in [-0.05, 0) is 25.1 Å². The number of ether oxygens (including phenoxy) is 1. The highest BCUT2D eigenvalue weighted by Gasteiger charge is 2.11. The van der Waals surface area contributed by atoms with E-state index in [1.165, 1.54) is 11.3 Å². The number of aldehydes is 1. The Morgan fingerprint density at radius 3 is 2.46 bits per heavy atom. The van der Waals surface area contributed by atoms with E-state index in [1.54, 1.807) is 13.2 Å². The zero-order valence-electron chi connectivity index (χ0n) is 15.5. The molecule has 0 saturated heterocycles. The van der Waals surface area contributed by atoms with E-state index >= 15 is 0 Å². The number of aromatic nitrogens is 3. The molecule has 0 spiro atoms. The average Bonchev–Trinajstić information content (AvgIpc) is 3.27. The van der Waals surface area contributed by atoms with Gasteiger partial charge in [-0.2, -0.15) is 4.98 Å². The minimum Gasteiger partial charge on any atom is -0.385 e. The molecule has 2 aromatic heterocycles. The normalized spacial score (nSPS) is 10.0. The SMILES string of the molecule is CC.CCOC.O=Cc1ccc2c(c1)sc1nc(-c3ccccc3)nn12. The lowest BCUT2D eigenvalue weighted by molar-refractivity contribution is 0.112. The maximum atomic E-state index is 10.8. The van der Waals surface area contributed by atoms with Crippen molar-refractivity contribution in [1.82, 2.24) is 14.6 Å². The van der Waals surface area contributed by atoms with Crippen molar-refractivity contribution in [3.05, 3.63) is 54.1 Å². The van der Waals surface area contributed by atoms with Gasteiger partial charge in [-0.3, -0.25) is 4.79 Å². The Labute approximate surface area is 157 Å². The second-order valence-electron chi connectivity index (χ2n) is 5.02. The fourth-order valence-corrected chi connectivity index (χ4v) is 3.20. The Morgan fingerprint density at radius 2 is 1.85 bits per heavy atom. The average molecular weight is 369 g/mol. The summed E-state index contributed by atoms with van der Waals surface area (Å²) in [6.45, 7) is 6.78. The zero-order chi connectivity index (χ0) is 18.9. The number of nitrogens with zero attached hydrogens (tertiary/aromatic N) is 3. The fraction of sp³-hybridized carbons (Fsp3) is 0.250. The van der Waals surface area contributed by atoms with Crippen molar-refractivity contribution in [2.75, 3.05) is 13.7 Å². The van der Waals surface area contributed by atoms with E-state index in [0.29, 0.717) is 5.56 Å². The molecule has 4 aromatic rings. The summed E-state index contributed by atoms with van der Waals surface area (Å²) in [4.78, 5) is 16.2. The molecular weight excluding hydrogens is 346 g/mol. The number of fused-ring (bicyclic) bond motifs is 3. The van der Waals surface area contributed by atoms with Crippen LogP contribution in [0.5, 0.6) is 0 Å². The third-order valence-corrected chi connectivity index (χ3v) is 4.44. The van der Waals surface area contributed by atoms with Crippen molar-refractivity contribution in [2.45, 2.75) is 20.8 Å². The summed E-state index contributed by atoms with van der Waals surface area (Å²) in [6, 6.07) is 15.5. The summed E-state index contributed by atoms with van der Waals surface area (Å²) in [7, 11) is 1.68. The lowest BCUT2D eigenvalue weighted by Crippen LogP contribution is -1.86. The van der Waals surface area contributed by atoms with E-state index < -0.39 is 0 Å². The Kier molecular flexibility index (Phi) is 7.44. The van der Waals surface area contributed by atoms with Gasteiger partial charge < -0.3 is 4.74 Å². The highest BCUT2D eigenvalue weighted by molar-refractivity contribution is 7.23. The first kappa shape index (κ1) is 19.8. The number of carbonyl (C=O) groups is 1. The van der Waals surface area contributed by atoms with Gasteiger partial charge in [0.1, 0.15) is 6.29 Å². The molecule has 0 aliphatic carbocycles. The summed E-state index contributed by atoms with van der Waals surface area (Å²) in [5.41, 5.74) is 2.65. The van der Waals surface area contributed by atoms with Crippen LogP contribution in [0.15, 0.2) is 48.5 Å². The van der Waals surface area contributed by atoms with Crippen molar-refractivity contribution < 1.29 is 9.53 Å². The zero-order valence-corrected chi connectivity index (χ0v) is 16.3. The van der Waals surface area contributed by atoms with Gasteiger partial charge in [0, 0.05) is 24.8 Å². The minimum atomic E-state index is 0.672. The van der Waals surface area contributed by atoms with Crippen LogP contribution in [-0.2, 0) is 4.74 Å². The third kappa shape index (κ3) is 4.33. The Morgan fingerprint density at radius 1 is 1.15 bits per heavy atom. The highest BCUT2D eigenvalue weighted by atomic mass is 32.1. The molecule has 2 heterocycles. The van der Waals surface area contributed by atoms with E-state index in [-0.39, 0.29) is 0 Å². The molecular formula is C20H23N3O2S. The highest BCUT2D eigenvalue weighted by Crippen LogP contribution is 2.27. The molecule has 0 atom stereocenters. The predicted molar refractivity (Wildman–Crippen MR) is 108 cm³/mol. The van der Waals surface area contributed by atoms with Crippen LogP contribution in [0.2, 0.25) is 0 Å². The molecule has 0 aliphatic heterocycles. The molecule has 0 fully saturated rings. The molecule has 136 valence electrons. The van der Waals surface area contributed by atoms with Crippen LogP contribution < -0.4 is 0 Å². The van der Waals surface area contributed by atoms with Crippen LogP contribution in [0, 0.1) is 0 Å². The molecule has 2 aromatic carbocycles. The standard InChI is InChI=1S/C15H9N3OS.C3H8O.C2H6/c19-9-10-6-7-12-13(8-10)20-15-16-14(17-18(12)15)11-4-2-1-3-5-11;1-3-4-2;1-2/h1-9H;3H2,1-2H3;1-2H3. The first-order valence-electron chi connectivity index (χ1n) is 8.55. The summed E-state index contributed by atoms with van der Waals surface area (Å²) in [5, 5.41) is 4.55. The first-order chi connectivity index (χ1) is 12.8. The lowest BCUT2D eigenvalue weighted by Gasteiger charge is -1.93. The number of hydrogen-bond acceptors (Lipinski definition) is 5. The number of hydrogen-bond donors (Lipinski definition) is 0. The van der Waals surface area contributed by atoms with Gasteiger partial charge >= 0.3 is 0 Å². The molecule has 6 heteroatoms. The van der Waals surface area contributed by atoms with E-state index in [0.717, 1.165) is 39.5 Å². The van der Waals surface area contributed by atoms with Gasteiger partial charge in [-0.25, -0.2) is 4.52 Å². The Hall–Kier alpha value is -2.57. The molecule has 0 amide bonds. The molecule has 0 bridgehead atoms. The van der Waals surface area contributed by atoms with Crippen molar-refractivity contribution in [2.24, 2.45) is 0 Å². The van der Waals surface area contributed by atoms with Crippen LogP contribution >= 0.6 is 11.3 Å². The van der Waals surface area contributed by atoms with Crippen LogP contribution in [0.1, 0.15) is 31.1 Å². The van der Waals surface area contributed by atoms with E-state index in [2.05, 4.69) is 14.8 Å². The first-order valence-corrected chi connectivity index (χ1v) is 9.37. The van der Waals surface area contributed by atoms with Crippen molar-refractivity contribution in [3.63, 3.8) is 0 Å². The van der Waals surface area contributed by atoms with Gasteiger partial charge in [-0.15, -0.1) is 5.10 Å². The van der Waals surface area contributed by atoms with Crippen LogP contribution in [0.25, 0.3) is 26.6 Å². The van der Waals surface area contributed by atoms with Crippen molar-refractivity contribution in [1.29, 1.82) is 0 Å². The van der Waals surface area contributed by atoms with Gasteiger partial charge in [0.25, 0.3) is 0 Å². The maximum Gasteiger partial charge on any atom is 0.213 e.